The van der Waals surface area contributed by atoms with E-state index in [0.717, 1.165) is 9.15 Å². The Bertz CT molecular complexity index is 694. The number of anilines is 1. The standard InChI is InChI=1S/C14H13BrF2N4O/c15-9-3-1-8(2-4-9)12-10(7-18)14(19)21(20-12)11(5-6-22)13(16)17/h1-4,11,13,22H,5-6,19H2. The fourth-order valence-electron chi connectivity index (χ4n) is 2.11. The van der Waals surface area contributed by atoms with Crippen molar-refractivity contribution < 1.29 is 13.9 Å². The van der Waals surface area contributed by atoms with Crippen molar-refractivity contribution in [2.45, 2.75) is 18.9 Å². The van der Waals surface area contributed by atoms with Crippen LogP contribution in [0.2, 0.25) is 0 Å². The molecule has 0 aliphatic rings. The minimum Gasteiger partial charge on any atom is -0.396 e. The Morgan fingerprint density at radius 2 is 2.00 bits per heavy atom. The van der Waals surface area contributed by atoms with Crippen molar-refractivity contribution in [1.82, 2.24) is 9.78 Å². The van der Waals surface area contributed by atoms with Crippen LogP contribution in [-0.2, 0) is 0 Å². The Hall–Kier alpha value is -1.98. The Morgan fingerprint density at radius 1 is 1.36 bits per heavy atom. The molecule has 22 heavy (non-hydrogen) atoms. The lowest BCUT2D eigenvalue weighted by Crippen LogP contribution is -2.21. The molecule has 1 atom stereocenters. The van der Waals surface area contributed by atoms with Crippen LogP contribution in [0.1, 0.15) is 18.0 Å². The minimum absolute atomic E-state index is 0.0471. The third-order valence-corrected chi connectivity index (χ3v) is 3.74. The van der Waals surface area contributed by atoms with Crippen molar-refractivity contribution >= 4 is 21.7 Å². The molecule has 2 aromatic rings. The van der Waals surface area contributed by atoms with Crippen molar-refractivity contribution in [2.75, 3.05) is 12.3 Å². The van der Waals surface area contributed by atoms with E-state index in [1.54, 1.807) is 24.3 Å². The summed E-state index contributed by atoms with van der Waals surface area (Å²) in [5.74, 6) is -0.126. The predicted octanol–water partition coefficient (Wildman–Crippen LogP) is 2.96. The molecule has 0 amide bonds. The lowest BCUT2D eigenvalue weighted by molar-refractivity contribution is 0.0624. The SMILES string of the molecule is N#Cc1c(-c2ccc(Br)cc2)nn(C(CCO)C(F)F)c1N. The molecule has 1 unspecified atom stereocenters. The first-order valence-corrected chi connectivity index (χ1v) is 7.22. The van der Waals surface area contributed by atoms with Gasteiger partial charge in [-0.15, -0.1) is 0 Å². The molecule has 1 aromatic heterocycles. The molecule has 5 nitrogen and oxygen atoms in total. The highest BCUT2D eigenvalue weighted by atomic mass is 79.9. The number of hydrogen-bond acceptors (Lipinski definition) is 4. The van der Waals surface area contributed by atoms with E-state index in [9.17, 15) is 14.0 Å². The van der Waals surface area contributed by atoms with Gasteiger partial charge in [0.25, 0.3) is 6.43 Å². The van der Waals surface area contributed by atoms with Gasteiger partial charge < -0.3 is 10.8 Å². The van der Waals surface area contributed by atoms with E-state index in [0.29, 0.717) is 5.56 Å². The van der Waals surface area contributed by atoms with Gasteiger partial charge in [0.1, 0.15) is 29.2 Å². The molecule has 0 aliphatic carbocycles. The number of aromatic nitrogens is 2. The summed E-state index contributed by atoms with van der Waals surface area (Å²) in [4.78, 5) is 0. The zero-order valence-corrected chi connectivity index (χ0v) is 13.0. The molecule has 0 saturated heterocycles. The van der Waals surface area contributed by atoms with Crippen molar-refractivity contribution in [2.24, 2.45) is 0 Å². The van der Waals surface area contributed by atoms with Gasteiger partial charge in [0.05, 0.1) is 0 Å². The van der Waals surface area contributed by atoms with E-state index in [2.05, 4.69) is 21.0 Å². The van der Waals surface area contributed by atoms with Gasteiger partial charge in [-0.3, -0.25) is 0 Å². The maximum absolute atomic E-state index is 13.1. The fourth-order valence-corrected chi connectivity index (χ4v) is 2.37. The van der Waals surface area contributed by atoms with Crippen LogP contribution in [0.3, 0.4) is 0 Å². The quantitative estimate of drug-likeness (QED) is 0.846. The van der Waals surface area contributed by atoms with Gasteiger partial charge in [-0.25, -0.2) is 13.5 Å². The normalized spacial score (nSPS) is 12.4. The molecule has 1 aromatic carbocycles. The summed E-state index contributed by atoms with van der Waals surface area (Å²) in [6.45, 7) is -0.427. The number of alkyl halides is 2. The highest BCUT2D eigenvalue weighted by Crippen LogP contribution is 2.32. The van der Waals surface area contributed by atoms with Crippen LogP contribution in [-0.4, -0.2) is 27.9 Å². The number of nitrogen functional groups attached to an aromatic ring is 1. The molecule has 0 bridgehead atoms. The van der Waals surface area contributed by atoms with Crippen LogP contribution in [0.25, 0.3) is 11.3 Å². The largest absolute Gasteiger partial charge is 0.396 e. The number of aliphatic hydroxyl groups is 1. The summed E-state index contributed by atoms with van der Waals surface area (Å²) in [6.07, 6.45) is -2.95. The smallest absolute Gasteiger partial charge is 0.260 e. The zero-order chi connectivity index (χ0) is 16.3. The number of halogens is 3. The molecule has 0 radical (unpaired) electrons. The summed E-state index contributed by atoms with van der Waals surface area (Å²) >= 11 is 3.29. The van der Waals surface area contributed by atoms with Crippen molar-refractivity contribution in [3.63, 3.8) is 0 Å². The molecule has 2 rings (SSSR count). The summed E-state index contributed by atoms with van der Waals surface area (Å²) in [5.41, 5.74) is 6.70. The molecule has 116 valence electrons. The van der Waals surface area contributed by atoms with E-state index < -0.39 is 19.1 Å². The first-order valence-electron chi connectivity index (χ1n) is 6.42. The number of nitriles is 1. The van der Waals surface area contributed by atoms with E-state index in [-0.39, 0.29) is 23.5 Å². The average Bonchev–Trinajstić information content (AvgIpc) is 2.81. The lowest BCUT2D eigenvalue weighted by Gasteiger charge is -2.16. The Kier molecular flexibility index (Phi) is 5.11. The van der Waals surface area contributed by atoms with E-state index in [1.807, 2.05) is 6.07 Å². The summed E-state index contributed by atoms with van der Waals surface area (Å²) in [7, 11) is 0. The second-order valence-corrected chi connectivity index (χ2v) is 5.50. The van der Waals surface area contributed by atoms with E-state index in [1.165, 1.54) is 0 Å². The number of aliphatic hydroxyl groups excluding tert-OH is 1. The van der Waals surface area contributed by atoms with Crippen LogP contribution in [0.5, 0.6) is 0 Å². The van der Waals surface area contributed by atoms with Crippen molar-refractivity contribution in [1.29, 1.82) is 5.26 Å². The second-order valence-electron chi connectivity index (χ2n) is 4.59. The summed E-state index contributed by atoms with van der Waals surface area (Å²) in [6, 6.07) is 7.46. The van der Waals surface area contributed by atoms with Gasteiger partial charge in [0.15, 0.2) is 0 Å². The molecule has 1 heterocycles. The molecule has 0 fully saturated rings. The van der Waals surface area contributed by atoms with Crippen LogP contribution in [0.4, 0.5) is 14.6 Å². The summed E-state index contributed by atoms with van der Waals surface area (Å²) < 4.78 is 28.0. The Balaban J connectivity index is 2.55. The Morgan fingerprint density at radius 3 is 2.50 bits per heavy atom. The van der Waals surface area contributed by atoms with E-state index in [4.69, 9.17) is 10.8 Å². The maximum Gasteiger partial charge on any atom is 0.260 e. The number of nitrogens with zero attached hydrogens (tertiary/aromatic N) is 3. The maximum atomic E-state index is 13.1. The van der Waals surface area contributed by atoms with Crippen LogP contribution in [0.15, 0.2) is 28.7 Å². The summed E-state index contributed by atoms with van der Waals surface area (Å²) in [5, 5.41) is 22.3. The third-order valence-electron chi connectivity index (χ3n) is 3.21. The third kappa shape index (κ3) is 3.10. The highest BCUT2D eigenvalue weighted by molar-refractivity contribution is 9.10. The monoisotopic (exact) mass is 370 g/mol. The number of benzene rings is 1. The first-order chi connectivity index (χ1) is 10.5. The molecular formula is C14H13BrF2N4O. The molecule has 3 N–H and O–H groups in total. The molecule has 0 saturated carbocycles. The second kappa shape index (κ2) is 6.85. The van der Waals surface area contributed by atoms with Gasteiger partial charge in [0, 0.05) is 16.6 Å². The average molecular weight is 371 g/mol. The fraction of sp³-hybridized carbons (Fsp3) is 0.286. The minimum atomic E-state index is -2.75. The van der Waals surface area contributed by atoms with Crippen LogP contribution >= 0.6 is 15.9 Å². The van der Waals surface area contributed by atoms with Gasteiger partial charge in [-0.2, -0.15) is 10.4 Å². The molecule has 0 spiro atoms. The topological polar surface area (TPSA) is 87.9 Å². The zero-order valence-electron chi connectivity index (χ0n) is 11.4. The highest BCUT2D eigenvalue weighted by Gasteiger charge is 2.28. The van der Waals surface area contributed by atoms with Crippen molar-refractivity contribution in [3.05, 3.63) is 34.3 Å². The molecular weight excluding hydrogens is 358 g/mol. The van der Waals surface area contributed by atoms with Gasteiger partial charge in [-0.05, 0) is 18.6 Å². The van der Waals surface area contributed by atoms with Crippen LogP contribution < -0.4 is 5.73 Å². The number of nitrogens with two attached hydrogens (primary N) is 1. The Labute approximate surface area is 134 Å². The van der Waals surface area contributed by atoms with Gasteiger partial charge in [0.2, 0.25) is 0 Å². The van der Waals surface area contributed by atoms with E-state index >= 15 is 0 Å². The first kappa shape index (κ1) is 16.4. The van der Waals surface area contributed by atoms with Crippen molar-refractivity contribution in [3.8, 4) is 17.3 Å². The predicted molar refractivity (Wildman–Crippen MR) is 81.2 cm³/mol. The van der Waals surface area contributed by atoms with Crippen LogP contribution in [0, 0.1) is 11.3 Å². The number of hydrogen-bond donors (Lipinski definition) is 2. The van der Waals surface area contributed by atoms with Gasteiger partial charge >= 0.3 is 0 Å². The molecule has 0 aliphatic heterocycles. The molecule has 8 heteroatoms. The van der Waals surface area contributed by atoms with Gasteiger partial charge in [-0.1, -0.05) is 28.1 Å². The lowest BCUT2D eigenvalue weighted by atomic mass is 10.1. The number of rotatable bonds is 5.